The maximum atomic E-state index is 9.29. The standard InChI is InChI=1S/C19H28N4O2/c1-14-15(11-20)10-18(24-12-16-6-4-8-22(16)2)19(21-14)25-13-17-7-5-9-23(17)3/h10,16-17H,4-9,12-13H2,1-3H3/t16-,17-/m0/s1. The molecule has 0 N–H and O–H groups in total. The van der Waals surface area contributed by atoms with Gasteiger partial charge < -0.3 is 19.3 Å². The largest absolute Gasteiger partial charge is 0.486 e. The third-order valence-corrected chi connectivity index (χ3v) is 5.45. The number of likely N-dealkylation sites (tertiary alicyclic amines) is 2. The molecule has 0 saturated carbocycles. The molecule has 2 aliphatic rings. The van der Waals surface area contributed by atoms with Crippen LogP contribution in [-0.4, -0.2) is 67.3 Å². The third-order valence-electron chi connectivity index (χ3n) is 5.45. The van der Waals surface area contributed by atoms with E-state index < -0.39 is 0 Å². The molecule has 0 spiro atoms. The molecule has 2 aliphatic heterocycles. The fourth-order valence-corrected chi connectivity index (χ4v) is 3.63. The van der Waals surface area contributed by atoms with Crippen LogP contribution >= 0.6 is 0 Å². The van der Waals surface area contributed by atoms with Crippen LogP contribution in [-0.2, 0) is 0 Å². The summed E-state index contributed by atoms with van der Waals surface area (Å²) < 4.78 is 12.1. The number of hydrogen-bond acceptors (Lipinski definition) is 6. The first-order chi connectivity index (χ1) is 12.1. The molecule has 136 valence electrons. The molecule has 1 aromatic heterocycles. The van der Waals surface area contributed by atoms with Crippen molar-refractivity contribution in [2.24, 2.45) is 0 Å². The molecule has 0 radical (unpaired) electrons. The molecule has 2 atom stereocenters. The first-order valence-electron chi connectivity index (χ1n) is 9.16. The molecule has 6 heteroatoms. The Kier molecular flexibility index (Phi) is 5.77. The van der Waals surface area contributed by atoms with Crippen LogP contribution in [0.5, 0.6) is 11.6 Å². The number of hydrogen-bond donors (Lipinski definition) is 0. The van der Waals surface area contributed by atoms with Crippen molar-refractivity contribution in [3.63, 3.8) is 0 Å². The summed E-state index contributed by atoms with van der Waals surface area (Å²) in [6.07, 6.45) is 4.71. The average molecular weight is 344 g/mol. The van der Waals surface area contributed by atoms with E-state index in [1.165, 1.54) is 12.8 Å². The fourth-order valence-electron chi connectivity index (χ4n) is 3.63. The first-order valence-corrected chi connectivity index (χ1v) is 9.16. The van der Waals surface area contributed by atoms with Crippen molar-refractivity contribution >= 4 is 0 Å². The van der Waals surface area contributed by atoms with Gasteiger partial charge in [0.25, 0.3) is 5.88 Å². The van der Waals surface area contributed by atoms with Gasteiger partial charge in [-0.25, -0.2) is 4.98 Å². The van der Waals surface area contributed by atoms with E-state index in [1.54, 1.807) is 6.07 Å². The Morgan fingerprint density at radius 1 is 1.12 bits per heavy atom. The topological polar surface area (TPSA) is 61.6 Å². The van der Waals surface area contributed by atoms with Crippen LogP contribution in [0, 0.1) is 18.3 Å². The van der Waals surface area contributed by atoms with Crippen molar-refractivity contribution in [3.05, 3.63) is 17.3 Å². The molecular weight excluding hydrogens is 316 g/mol. The second-order valence-corrected chi connectivity index (χ2v) is 7.21. The van der Waals surface area contributed by atoms with Crippen LogP contribution in [0.4, 0.5) is 0 Å². The summed E-state index contributed by atoms with van der Waals surface area (Å²) >= 11 is 0. The van der Waals surface area contributed by atoms with Gasteiger partial charge in [-0.2, -0.15) is 5.26 Å². The summed E-state index contributed by atoms with van der Waals surface area (Å²) in [5.74, 6) is 1.10. The Morgan fingerprint density at radius 3 is 2.24 bits per heavy atom. The Hall–Kier alpha value is -1.84. The van der Waals surface area contributed by atoms with Gasteiger partial charge in [0.15, 0.2) is 5.75 Å². The van der Waals surface area contributed by atoms with Crippen LogP contribution in [0.1, 0.15) is 36.9 Å². The zero-order chi connectivity index (χ0) is 17.8. The van der Waals surface area contributed by atoms with E-state index in [4.69, 9.17) is 9.47 Å². The van der Waals surface area contributed by atoms with E-state index in [0.717, 1.165) is 25.9 Å². The maximum absolute atomic E-state index is 9.29. The number of nitrogens with zero attached hydrogens (tertiary/aromatic N) is 4. The monoisotopic (exact) mass is 344 g/mol. The summed E-state index contributed by atoms with van der Waals surface area (Å²) in [6, 6.07) is 4.80. The molecule has 3 heterocycles. The molecule has 1 aromatic rings. The normalized spacial score (nSPS) is 24.4. The number of aromatic nitrogens is 1. The van der Waals surface area contributed by atoms with Gasteiger partial charge in [0.05, 0.1) is 11.3 Å². The van der Waals surface area contributed by atoms with E-state index >= 15 is 0 Å². The Morgan fingerprint density at radius 2 is 1.72 bits per heavy atom. The molecule has 0 aromatic carbocycles. The van der Waals surface area contributed by atoms with Crippen molar-refractivity contribution in [2.75, 3.05) is 40.4 Å². The molecule has 0 amide bonds. The number of pyridine rings is 1. The van der Waals surface area contributed by atoms with Crippen molar-refractivity contribution in [1.29, 1.82) is 5.26 Å². The number of likely N-dealkylation sites (N-methyl/N-ethyl adjacent to an activating group) is 2. The van der Waals surface area contributed by atoms with Gasteiger partial charge >= 0.3 is 0 Å². The third kappa shape index (κ3) is 4.23. The first kappa shape index (κ1) is 18.0. The highest BCUT2D eigenvalue weighted by Crippen LogP contribution is 2.29. The molecular formula is C19H28N4O2. The number of rotatable bonds is 6. The van der Waals surface area contributed by atoms with Gasteiger partial charge in [0.1, 0.15) is 19.3 Å². The highest BCUT2D eigenvalue weighted by atomic mass is 16.5. The lowest BCUT2D eigenvalue weighted by molar-refractivity contribution is 0.169. The highest BCUT2D eigenvalue weighted by Gasteiger charge is 2.24. The number of ether oxygens (including phenoxy) is 2. The summed E-state index contributed by atoms with van der Waals surface area (Å²) in [5, 5.41) is 9.29. The molecule has 0 bridgehead atoms. The maximum Gasteiger partial charge on any atom is 0.257 e. The Balaban J connectivity index is 1.70. The van der Waals surface area contributed by atoms with Crippen molar-refractivity contribution in [2.45, 2.75) is 44.7 Å². The Bertz CT molecular complexity index is 643. The van der Waals surface area contributed by atoms with Gasteiger partial charge in [-0.1, -0.05) is 0 Å². The molecule has 0 aliphatic carbocycles. The predicted molar refractivity (Wildman–Crippen MR) is 96.0 cm³/mol. The van der Waals surface area contributed by atoms with Crippen LogP contribution in [0.15, 0.2) is 6.07 Å². The quantitative estimate of drug-likeness (QED) is 0.788. The van der Waals surface area contributed by atoms with Crippen LogP contribution in [0.2, 0.25) is 0 Å². The predicted octanol–water partition coefficient (Wildman–Crippen LogP) is 2.21. The minimum Gasteiger partial charge on any atom is -0.486 e. The van der Waals surface area contributed by atoms with Crippen LogP contribution < -0.4 is 9.47 Å². The zero-order valence-corrected chi connectivity index (χ0v) is 15.5. The second-order valence-electron chi connectivity index (χ2n) is 7.21. The summed E-state index contributed by atoms with van der Waals surface area (Å²) in [7, 11) is 4.26. The van der Waals surface area contributed by atoms with Crippen LogP contribution in [0.3, 0.4) is 0 Å². The summed E-state index contributed by atoms with van der Waals surface area (Å²) in [6.45, 7) is 5.27. The van der Waals surface area contributed by atoms with Crippen LogP contribution in [0.25, 0.3) is 0 Å². The Labute approximate surface area is 150 Å². The smallest absolute Gasteiger partial charge is 0.257 e. The molecule has 25 heavy (non-hydrogen) atoms. The van der Waals surface area contributed by atoms with Crippen molar-refractivity contribution < 1.29 is 9.47 Å². The van der Waals surface area contributed by atoms with Gasteiger partial charge in [0.2, 0.25) is 0 Å². The molecule has 3 rings (SSSR count). The van der Waals surface area contributed by atoms with E-state index in [9.17, 15) is 5.26 Å². The lowest BCUT2D eigenvalue weighted by Gasteiger charge is -2.22. The lowest BCUT2D eigenvalue weighted by atomic mass is 10.2. The molecule has 0 unspecified atom stereocenters. The zero-order valence-electron chi connectivity index (χ0n) is 15.5. The van der Waals surface area contributed by atoms with Crippen molar-refractivity contribution in [3.8, 4) is 17.7 Å². The number of aryl methyl sites for hydroxylation is 1. The summed E-state index contributed by atoms with van der Waals surface area (Å²) in [5.41, 5.74) is 1.22. The van der Waals surface area contributed by atoms with Gasteiger partial charge in [-0.15, -0.1) is 0 Å². The van der Waals surface area contributed by atoms with E-state index in [1.807, 2.05) is 6.92 Å². The molecule has 2 saturated heterocycles. The average Bonchev–Trinajstić information content (AvgIpc) is 3.20. The van der Waals surface area contributed by atoms with Crippen molar-refractivity contribution in [1.82, 2.24) is 14.8 Å². The van der Waals surface area contributed by atoms with Gasteiger partial charge in [-0.05, 0) is 59.8 Å². The molecule has 6 nitrogen and oxygen atoms in total. The van der Waals surface area contributed by atoms with Gasteiger partial charge in [-0.3, -0.25) is 0 Å². The minimum atomic E-state index is 0.417. The lowest BCUT2D eigenvalue weighted by Crippen LogP contribution is -2.31. The number of nitriles is 1. The van der Waals surface area contributed by atoms with E-state index in [2.05, 4.69) is 34.9 Å². The van der Waals surface area contributed by atoms with E-state index in [0.29, 0.717) is 48.2 Å². The summed E-state index contributed by atoms with van der Waals surface area (Å²) in [4.78, 5) is 9.14. The van der Waals surface area contributed by atoms with Gasteiger partial charge in [0, 0.05) is 18.2 Å². The molecule has 2 fully saturated rings. The SMILES string of the molecule is Cc1nc(OC[C@@H]2CCCN2C)c(OC[C@@H]2CCCN2C)cc1C#N. The van der Waals surface area contributed by atoms with E-state index in [-0.39, 0.29) is 0 Å². The highest BCUT2D eigenvalue weighted by molar-refractivity contribution is 5.45. The second kappa shape index (κ2) is 8.03. The minimum absolute atomic E-state index is 0.417. The fraction of sp³-hybridized carbons (Fsp3) is 0.684.